The van der Waals surface area contributed by atoms with Gasteiger partial charge in [0.05, 0.1) is 0 Å². The summed E-state index contributed by atoms with van der Waals surface area (Å²) in [5.41, 5.74) is 5.59. The van der Waals surface area contributed by atoms with E-state index in [0.717, 1.165) is 25.4 Å². The highest BCUT2D eigenvalue weighted by Gasteiger charge is 2.30. The Bertz CT molecular complexity index is 373. The third-order valence-electron chi connectivity index (χ3n) is 3.83. The minimum absolute atomic E-state index is 0.609. The van der Waals surface area contributed by atoms with Gasteiger partial charge >= 0.3 is 0 Å². The van der Waals surface area contributed by atoms with Gasteiger partial charge in [0.2, 0.25) is 0 Å². The Morgan fingerprint density at radius 2 is 2.17 bits per heavy atom. The molecule has 0 aromatic carbocycles. The van der Waals surface area contributed by atoms with Gasteiger partial charge in [-0.3, -0.25) is 4.68 Å². The fraction of sp³-hybridized carbons (Fsp3) is 0.769. The quantitative estimate of drug-likeness (QED) is 0.838. The van der Waals surface area contributed by atoms with E-state index in [1.165, 1.54) is 13.1 Å². The first-order valence-corrected chi connectivity index (χ1v) is 6.74. The summed E-state index contributed by atoms with van der Waals surface area (Å²) in [6, 6.07) is 2.55. The third-order valence-corrected chi connectivity index (χ3v) is 3.83. The minimum Gasteiger partial charge on any atom is -0.382 e. The first-order valence-electron chi connectivity index (χ1n) is 6.74. The summed E-state index contributed by atoms with van der Waals surface area (Å²) < 4.78 is 1.93. The summed E-state index contributed by atoms with van der Waals surface area (Å²) in [7, 11) is 4.36. The van der Waals surface area contributed by atoms with Crippen molar-refractivity contribution >= 4 is 5.82 Å². The fourth-order valence-corrected chi connectivity index (χ4v) is 2.86. The molecule has 2 N–H and O–H groups in total. The smallest absolute Gasteiger partial charge is 0.145 e. The predicted octanol–water partition coefficient (Wildman–Crippen LogP) is 0.737. The standard InChI is InChI=1S/C13H25N5/c1-11-9-17(10-12(11)16(2)3)6-4-7-18-8-5-13(14)15-18/h5,8,11-12H,4,6-7,9-10H2,1-3H3,(H2,14,15). The van der Waals surface area contributed by atoms with Gasteiger partial charge in [0.25, 0.3) is 0 Å². The Morgan fingerprint density at radius 1 is 1.39 bits per heavy atom. The van der Waals surface area contributed by atoms with Crippen molar-refractivity contribution < 1.29 is 0 Å². The molecule has 0 bridgehead atoms. The Labute approximate surface area is 110 Å². The number of nitrogen functional groups attached to an aromatic ring is 1. The van der Waals surface area contributed by atoms with Gasteiger partial charge in [0.15, 0.2) is 0 Å². The molecule has 1 aromatic heterocycles. The topological polar surface area (TPSA) is 50.3 Å². The van der Waals surface area contributed by atoms with Gasteiger partial charge in [-0.1, -0.05) is 6.92 Å². The number of likely N-dealkylation sites (N-methyl/N-ethyl adjacent to an activating group) is 1. The summed E-state index contributed by atoms with van der Waals surface area (Å²) in [5.74, 6) is 1.37. The summed E-state index contributed by atoms with van der Waals surface area (Å²) in [6.45, 7) is 6.85. The second-order valence-corrected chi connectivity index (χ2v) is 5.63. The van der Waals surface area contributed by atoms with Crippen LogP contribution in [-0.2, 0) is 6.54 Å². The molecule has 2 heterocycles. The highest BCUT2D eigenvalue weighted by Crippen LogP contribution is 2.19. The lowest BCUT2D eigenvalue weighted by atomic mass is 10.1. The normalized spacial score (nSPS) is 25.1. The van der Waals surface area contributed by atoms with Crippen LogP contribution in [0.3, 0.4) is 0 Å². The minimum atomic E-state index is 0.609. The van der Waals surface area contributed by atoms with Crippen LogP contribution < -0.4 is 5.73 Å². The molecular weight excluding hydrogens is 226 g/mol. The number of aryl methyl sites for hydroxylation is 1. The predicted molar refractivity (Wildman–Crippen MR) is 74.3 cm³/mol. The average Bonchev–Trinajstić information content (AvgIpc) is 2.85. The van der Waals surface area contributed by atoms with Crippen LogP contribution in [0.1, 0.15) is 13.3 Å². The van der Waals surface area contributed by atoms with Crippen molar-refractivity contribution in [1.29, 1.82) is 0 Å². The molecule has 1 aliphatic heterocycles. The van der Waals surface area contributed by atoms with Crippen LogP contribution in [0.2, 0.25) is 0 Å². The van der Waals surface area contributed by atoms with Crippen molar-refractivity contribution in [1.82, 2.24) is 19.6 Å². The third kappa shape index (κ3) is 3.23. The van der Waals surface area contributed by atoms with Crippen LogP contribution in [0.15, 0.2) is 12.3 Å². The zero-order valence-electron chi connectivity index (χ0n) is 11.7. The van der Waals surface area contributed by atoms with Gasteiger partial charge in [-0.15, -0.1) is 0 Å². The fourth-order valence-electron chi connectivity index (χ4n) is 2.86. The molecule has 1 aromatic rings. The van der Waals surface area contributed by atoms with Crippen molar-refractivity contribution in [3.63, 3.8) is 0 Å². The van der Waals surface area contributed by atoms with E-state index in [-0.39, 0.29) is 0 Å². The van der Waals surface area contributed by atoms with Crippen LogP contribution in [0.4, 0.5) is 5.82 Å². The van der Waals surface area contributed by atoms with E-state index >= 15 is 0 Å². The summed E-state index contributed by atoms with van der Waals surface area (Å²) >= 11 is 0. The molecule has 5 heteroatoms. The molecule has 2 atom stereocenters. The zero-order valence-corrected chi connectivity index (χ0v) is 11.7. The van der Waals surface area contributed by atoms with Gasteiger partial charge in [-0.2, -0.15) is 5.10 Å². The maximum Gasteiger partial charge on any atom is 0.145 e. The van der Waals surface area contributed by atoms with Crippen molar-refractivity contribution in [2.24, 2.45) is 5.92 Å². The first kappa shape index (κ1) is 13.4. The largest absolute Gasteiger partial charge is 0.382 e. The lowest BCUT2D eigenvalue weighted by Crippen LogP contribution is -2.34. The van der Waals surface area contributed by atoms with E-state index in [1.807, 2.05) is 16.9 Å². The van der Waals surface area contributed by atoms with E-state index in [4.69, 9.17) is 5.73 Å². The van der Waals surface area contributed by atoms with Crippen molar-refractivity contribution in [2.75, 3.05) is 39.5 Å². The van der Waals surface area contributed by atoms with Crippen LogP contribution in [-0.4, -0.2) is 59.4 Å². The molecule has 2 rings (SSSR count). The molecule has 18 heavy (non-hydrogen) atoms. The Balaban J connectivity index is 1.72. The van der Waals surface area contributed by atoms with Gasteiger partial charge < -0.3 is 15.5 Å². The number of hydrogen-bond acceptors (Lipinski definition) is 4. The number of nitrogens with zero attached hydrogens (tertiary/aromatic N) is 4. The Hall–Kier alpha value is -1.07. The molecule has 102 valence electrons. The highest BCUT2D eigenvalue weighted by atomic mass is 15.3. The molecule has 0 spiro atoms. The van der Waals surface area contributed by atoms with Gasteiger partial charge in [0, 0.05) is 31.9 Å². The monoisotopic (exact) mass is 251 g/mol. The second-order valence-electron chi connectivity index (χ2n) is 5.63. The van der Waals surface area contributed by atoms with E-state index in [9.17, 15) is 0 Å². The van der Waals surface area contributed by atoms with E-state index < -0.39 is 0 Å². The number of hydrogen-bond donors (Lipinski definition) is 1. The van der Waals surface area contributed by atoms with Gasteiger partial charge in [-0.25, -0.2) is 0 Å². The summed E-state index contributed by atoms with van der Waals surface area (Å²) in [6.07, 6.45) is 3.08. The van der Waals surface area contributed by atoms with Crippen molar-refractivity contribution in [2.45, 2.75) is 25.9 Å². The van der Waals surface area contributed by atoms with Crippen molar-refractivity contribution in [3.05, 3.63) is 12.3 Å². The molecule has 1 fully saturated rings. The van der Waals surface area contributed by atoms with Gasteiger partial charge in [-0.05, 0) is 39.0 Å². The SMILES string of the molecule is CC1CN(CCCn2ccc(N)n2)CC1N(C)C. The van der Waals surface area contributed by atoms with E-state index in [1.54, 1.807) is 0 Å². The number of likely N-dealkylation sites (tertiary alicyclic amines) is 1. The number of aromatic nitrogens is 2. The second kappa shape index (κ2) is 5.71. The number of rotatable bonds is 5. The first-order chi connectivity index (χ1) is 8.56. The van der Waals surface area contributed by atoms with Gasteiger partial charge in [0.1, 0.15) is 5.82 Å². The molecule has 0 saturated carbocycles. The highest BCUT2D eigenvalue weighted by molar-refractivity contribution is 5.23. The molecule has 1 saturated heterocycles. The van der Waals surface area contributed by atoms with Crippen LogP contribution in [0.5, 0.6) is 0 Å². The summed E-state index contributed by atoms with van der Waals surface area (Å²) in [5, 5.41) is 4.20. The molecule has 0 radical (unpaired) electrons. The lowest BCUT2D eigenvalue weighted by molar-refractivity contribution is 0.250. The molecular formula is C13H25N5. The molecule has 0 amide bonds. The Kier molecular flexibility index (Phi) is 4.24. The summed E-state index contributed by atoms with van der Waals surface area (Å²) in [4.78, 5) is 4.90. The molecule has 1 aliphatic rings. The molecule has 2 unspecified atom stereocenters. The zero-order chi connectivity index (χ0) is 13.1. The number of nitrogens with two attached hydrogens (primary N) is 1. The van der Waals surface area contributed by atoms with Crippen molar-refractivity contribution in [3.8, 4) is 0 Å². The maximum atomic E-state index is 5.59. The van der Waals surface area contributed by atoms with Crippen LogP contribution in [0.25, 0.3) is 0 Å². The lowest BCUT2D eigenvalue weighted by Gasteiger charge is -2.22. The molecule has 0 aliphatic carbocycles. The maximum absolute atomic E-state index is 5.59. The van der Waals surface area contributed by atoms with E-state index in [0.29, 0.717) is 11.9 Å². The average molecular weight is 251 g/mol. The van der Waals surface area contributed by atoms with E-state index in [2.05, 4.69) is 35.9 Å². The molecule has 5 nitrogen and oxygen atoms in total. The number of anilines is 1. The Morgan fingerprint density at radius 3 is 2.72 bits per heavy atom. The van der Waals surface area contributed by atoms with Crippen LogP contribution in [0, 0.1) is 5.92 Å². The van der Waals surface area contributed by atoms with Crippen LogP contribution >= 0.6 is 0 Å².